The van der Waals surface area contributed by atoms with Gasteiger partial charge in [-0.05, 0) is 19.1 Å². The zero-order chi connectivity index (χ0) is 10.1. The van der Waals surface area contributed by atoms with Gasteiger partial charge in [-0.15, -0.1) is 0 Å². The summed E-state index contributed by atoms with van der Waals surface area (Å²) >= 11 is 0. The van der Waals surface area contributed by atoms with Gasteiger partial charge in [-0.1, -0.05) is 0 Å². The van der Waals surface area contributed by atoms with E-state index in [1.54, 1.807) is 0 Å². The van der Waals surface area contributed by atoms with Crippen molar-refractivity contribution >= 4 is 5.97 Å². The second-order valence-corrected chi connectivity index (χ2v) is 2.95. The fourth-order valence-corrected chi connectivity index (χ4v) is 0.843. The van der Waals surface area contributed by atoms with Crippen LogP contribution in [-0.4, -0.2) is 22.7 Å². The summed E-state index contributed by atoms with van der Waals surface area (Å²) < 4.78 is 4.87. The number of hydrogen-bond acceptors (Lipinski definition) is 4. The van der Waals surface area contributed by atoms with Crippen molar-refractivity contribution in [1.29, 1.82) is 0 Å². The molecule has 0 spiro atoms. The summed E-state index contributed by atoms with van der Waals surface area (Å²) in [7, 11) is 0. The van der Waals surface area contributed by atoms with Gasteiger partial charge in [0.2, 0.25) is 5.76 Å². The molecule has 1 heterocycles. The van der Waals surface area contributed by atoms with E-state index in [9.17, 15) is 9.90 Å². The van der Waals surface area contributed by atoms with Crippen molar-refractivity contribution in [3.05, 3.63) is 23.7 Å². The lowest BCUT2D eigenvalue weighted by atomic mass is 10.1. The number of hydrogen-bond donors (Lipinski definition) is 3. The monoisotopic (exact) mass is 185 g/mol. The van der Waals surface area contributed by atoms with Crippen molar-refractivity contribution in [3.63, 3.8) is 0 Å². The summed E-state index contributed by atoms with van der Waals surface area (Å²) in [5, 5.41) is 18.1. The fraction of sp³-hybridized carbons (Fsp3) is 0.375. The van der Waals surface area contributed by atoms with Gasteiger partial charge in [0.15, 0.2) is 0 Å². The van der Waals surface area contributed by atoms with Crippen molar-refractivity contribution in [2.45, 2.75) is 12.5 Å². The number of aromatic carboxylic acids is 1. The highest BCUT2D eigenvalue weighted by molar-refractivity contribution is 5.84. The van der Waals surface area contributed by atoms with Crippen LogP contribution >= 0.6 is 0 Å². The first kappa shape index (κ1) is 9.76. The Morgan fingerprint density at radius 1 is 1.69 bits per heavy atom. The Hall–Kier alpha value is -1.33. The van der Waals surface area contributed by atoms with Crippen molar-refractivity contribution in [2.75, 3.05) is 6.54 Å². The van der Waals surface area contributed by atoms with E-state index in [0.29, 0.717) is 0 Å². The third-order valence-corrected chi connectivity index (χ3v) is 1.75. The zero-order valence-corrected chi connectivity index (χ0v) is 7.15. The highest BCUT2D eigenvalue weighted by Crippen LogP contribution is 2.21. The van der Waals surface area contributed by atoms with Crippen LogP contribution in [0.2, 0.25) is 0 Å². The van der Waals surface area contributed by atoms with Crippen molar-refractivity contribution < 1.29 is 19.4 Å². The van der Waals surface area contributed by atoms with Gasteiger partial charge >= 0.3 is 5.97 Å². The minimum Gasteiger partial charge on any atom is -0.475 e. The molecule has 0 aliphatic rings. The molecule has 0 bridgehead atoms. The van der Waals surface area contributed by atoms with Gasteiger partial charge in [0.05, 0.1) is 0 Å². The minimum atomic E-state index is -1.31. The Balaban J connectivity index is 2.98. The van der Waals surface area contributed by atoms with Crippen LogP contribution in [0.3, 0.4) is 0 Å². The molecule has 5 nitrogen and oxygen atoms in total. The van der Waals surface area contributed by atoms with Gasteiger partial charge in [0.1, 0.15) is 11.4 Å². The zero-order valence-electron chi connectivity index (χ0n) is 7.15. The van der Waals surface area contributed by atoms with E-state index < -0.39 is 11.6 Å². The van der Waals surface area contributed by atoms with Crippen LogP contribution < -0.4 is 5.73 Å². The number of rotatable bonds is 3. The fourth-order valence-electron chi connectivity index (χ4n) is 0.843. The van der Waals surface area contributed by atoms with Crippen LogP contribution in [0.5, 0.6) is 0 Å². The van der Waals surface area contributed by atoms with E-state index in [1.807, 2.05) is 0 Å². The Bertz CT molecular complexity index is 316. The average Bonchev–Trinajstić information content (AvgIpc) is 2.52. The van der Waals surface area contributed by atoms with Crippen LogP contribution in [0.25, 0.3) is 0 Å². The third kappa shape index (κ3) is 1.88. The molecule has 0 aliphatic heterocycles. The lowest BCUT2D eigenvalue weighted by Gasteiger charge is -2.17. The maximum absolute atomic E-state index is 10.4. The lowest BCUT2D eigenvalue weighted by Crippen LogP contribution is -2.30. The topological polar surface area (TPSA) is 96.7 Å². The summed E-state index contributed by atoms with van der Waals surface area (Å²) in [4.78, 5) is 10.4. The summed E-state index contributed by atoms with van der Waals surface area (Å²) in [6.45, 7) is 1.43. The Morgan fingerprint density at radius 2 is 2.31 bits per heavy atom. The van der Waals surface area contributed by atoms with Crippen LogP contribution in [0.4, 0.5) is 0 Å². The highest BCUT2D eigenvalue weighted by Gasteiger charge is 2.26. The molecule has 1 aromatic rings. The summed E-state index contributed by atoms with van der Waals surface area (Å²) in [6, 6.07) is 2.68. The third-order valence-electron chi connectivity index (χ3n) is 1.75. The maximum atomic E-state index is 10.4. The molecule has 1 unspecified atom stereocenters. The SMILES string of the molecule is CC(O)(CN)c1ccc(C(=O)O)o1. The number of carboxylic acids is 1. The van der Waals surface area contributed by atoms with Crippen LogP contribution in [0.15, 0.2) is 16.5 Å². The molecular formula is C8H11NO4. The quantitative estimate of drug-likeness (QED) is 0.622. The molecule has 0 saturated heterocycles. The first-order valence-corrected chi connectivity index (χ1v) is 3.73. The van der Waals surface area contributed by atoms with Crippen LogP contribution in [0, 0.1) is 0 Å². The molecule has 0 saturated carbocycles. The van der Waals surface area contributed by atoms with Gasteiger partial charge in [0.25, 0.3) is 0 Å². The number of carbonyl (C=O) groups is 1. The molecule has 13 heavy (non-hydrogen) atoms. The largest absolute Gasteiger partial charge is 0.475 e. The second kappa shape index (κ2) is 3.20. The van der Waals surface area contributed by atoms with Gasteiger partial charge < -0.3 is 20.4 Å². The normalized spacial score (nSPS) is 15.3. The first-order valence-electron chi connectivity index (χ1n) is 3.73. The van der Waals surface area contributed by atoms with Gasteiger partial charge in [-0.3, -0.25) is 0 Å². The summed E-state index contributed by atoms with van der Waals surface area (Å²) in [5.74, 6) is -1.21. The maximum Gasteiger partial charge on any atom is 0.371 e. The molecule has 5 heteroatoms. The number of aliphatic hydroxyl groups is 1. The Morgan fingerprint density at radius 3 is 2.69 bits per heavy atom. The molecular weight excluding hydrogens is 174 g/mol. The van der Waals surface area contributed by atoms with Crippen LogP contribution in [-0.2, 0) is 5.60 Å². The first-order chi connectivity index (χ1) is 5.97. The van der Waals surface area contributed by atoms with E-state index in [-0.39, 0.29) is 18.1 Å². The van der Waals surface area contributed by atoms with E-state index >= 15 is 0 Å². The molecule has 1 atom stereocenters. The predicted octanol–water partition coefficient (Wildman–Crippen LogP) is 0.144. The summed E-state index contributed by atoms with van der Waals surface area (Å²) in [6.07, 6.45) is 0. The van der Waals surface area contributed by atoms with Gasteiger partial charge in [0, 0.05) is 6.54 Å². The van der Waals surface area contributed by atoms with Crippen LogP contribution in [0.1, 0.15) is 23.2 Å². The van der Waals surface area contributed by atoms with E-state index in [2.05, 4.69) is 0 Å². The molecule has 72 valence electrons. The lowest BCUT2D eigenvalue weighted by molar-refractivity contribution is 0.0397. The predicted molar refractivity (Wildman–Crippen MR) is 44.3 cm³/mol. The van der Waals surface area contributed by atoms with Crippen molar-refractivity contribution in [2.24, 2.45) is 5.73 Å². The molecule has 0 fully saturated rings. The molecule has 0 aliphatic carbocycles. The minimum absolute atomic E-state index is 0.0282. The highest BCUT2D eigenvalue weighted by atomic mass is 16.4. The molecule has 1 rings (SSSR count). The molecule has 0 radical (unpaired) electrons. The number of nitrogens with two attached hydrogens (primary N) is 1. The van der Waals surface area contributed by atoms with E-state index in [1.165, 1.54) is 19.1 Å². The molecule has 4 N–H and O–H groups in total. The standard InChI is InChI=1S/C8H11NO4/c1-8(12,4-9)6-3-2-5(13-6)7(10)11/h2-3,12H,4,9H2,1H3,(H,10,11). The number of carboxylic acid groups (broad SMARTS) is 1. The van der Waals surface area contributed by atoms with Crippen molar-refractivity contribution in [1.82, 2.24) is 0 Å². The molecule has 1 aromatic heterocycles. The average molecular weight is 185 g/mol. The summed E-state index contributed by atoms with van der Waals surface area (Å²) in [5.41, 5.74) is 3.95. The van der Waals surface area contributed by atoms with Gasteiger partial charge in [-0.2, -0.15) is 0 Å². The van der Waals surface area contributed by atoms with E-state index in [0.717, 1.165) is 0 Å². The Labute approximate surface area is 74.8 Å². The number of furan rings is 1. The van der Waals surface area contributed by atoms with E-state index in [4.69, 9.17) is 15.3 Å². The Kier molecular flexibility index (Phi) is 2.40. The smallest absolute Gasteiger partial charge is 0.371 e. The molecule has 0 aromatic carbocycles. The second-order valence-electron chi connectivity index (χ2n) is 2.95. The van der Waals surface area contributed by atoms with Gasteiger partial charge in [-0.25, -0.2) is 4.79 Å². The molecule has 0 amide bonds. The van der Waals surface area contributed by atoms with Crippen molar-refractivity contribution in [3.8, 4) is 0 Å².